The largest absolute Gasteiger partial charge is 0.383 e. The van der Waals surface area contributed by atoms with Crippen LogP contribution >= 0.6 is 11.3 Å². The molecule has 0 fully saturated rings. The zero-order chi connectivity index (χ0) is 20.5. The van der Waals surface area contributed by atoms with E-state index in [1.807, 2.05) is 56.6 Å². The minimum absolute atomic E-state index is 0.0165. The van der Waals surface area contributed by atoms with Gasteiger partial charge in [-0.2, -0.15) is 0 Å². The molecule has 1 unspecified atom stereocenters. The lowest BCUT2D eigenvalue weighted by molar-refractivity contribution is -0.862. The van der Waals surface area contributed by atoms with Crippen molar-refractivity contribution in [1.29, 1.82) is 0 Å². The Balaban J connectivity index is 1.90. The SMILES string of the molecule is COCCN(Cc1cccs1)C(=O)C[NH+](C)CC(=O)Nc1c(C)cccc1C. The van der Waals surface area contributed by atoms with E-state index in [1.54, 1.807) is 23.3 Å². The van der Waals surface area contributed by atoms with Crippen molar-refractivity contribution in [1.82, 2.24) is 4.90 Å². The standard InChI is InChI=1S/C21H29N3O3S/c1-16-7-5-8-17(2)21(16)22-19(25)14-23(3)15-20(26)24(10-11-27-4)13-18-9-6-12-28-18/h5-9,12H,10-11,13-15H2,1-4H3,(H,22,25)/p+1. The van der Waals surface area contributed by atoms with Gasteiger partial charge in [0.1, 0.15) is 0 Å². The molecule has 2 N–H and O–H groups in total. The number of aryl methyl sites for hydroxylation is 2. The summed E-state index contributed by atoms with van der Waals surface area (Å²) in [6.45, 7) is 6.04. The lowest BCUT2D eigenvalue weighted by Gasteiger charge is -2.23. The Morgan fingerprint density at radius 2 is 1.86 bits per heavy atom. The van der Waals surface area contributed by atoms with Gasteiger partial charge in [-0.05, 0) is 36.4 Å². The van der Waals surface area contributed by atoms with Gasteiger partial charge in [0.15, 0.2) is 13.1 Å². The van der Waals surface area contributed by atoms with E-state index < -0.39 is 0 Å². The molecular formula is C21H30N3O3S+. The first-order chi connectivity index (χ1) is 13.4. The number of carbonyl (C=O) groups is 2. The Bertz CT molecular complexity index is 757. The summed E-state index contributed by atoms with van der Waals surface area (Å²) in [5, 5.41) is 4.98. The van der Waals surface area contributed by atoms with Gasteiger partial charge in [0.2, 0.25) is 0 Å². The molecule has 6 nitrogen and oxygen atoms in total. The molecule has 0 aliphatic carbocycles. The fourth-order valence-corrected chi connectivity index (χ4v) is 3.71. The third kappa shape index (κ3) is 6.74. The molecule has 7 heteroatoms. The second-order valence-corrected chi connectivity index (χ2v) is 8.05. The highest BCUT2D eigenvalue weighted by molar-refractivity contribution is 7.09. The number of nitrogens with one attached hydrogen (secondary N) is 2. The molecule has 0 radical (unpaired) electrons. The van der Waals surface area contributed by atoms with Crippen molar-refractivity contribution in [3.63, 3.8) is 0 Å². The van der Waals surface area contributed by atoms with E-state index in [1.165, 1.54) is 0 Å². The monoisotopic (exact) mass is 404 g/mol. The second-order valence-electron chi connectivity index (χ2n) is 7.01. The van der Waals surface area contributed by atoms with Crippen LogP contribution in [0.3, 0.4) is 0 Å². The van der Waals surface area contributed by atoms with Gasteiger partial charge in [-0.1, -0.05) is 24.3 Å². The Kier molecular flexibility index (Phi) is 8.63. The highest BCUT2D eigenvalue weighted by atomic mass is 32.1. The molecule has 0 bridgehead atoms. The average molecular weight is 405 g/mol. The predicted molar refractivity (Wildman–Crippen MR) is 113 cm³/mol. The number of rotatable bonds is 10. The van der Waals surface area contributed by atoms with Crippen LogP contribution in [0, 0.1) is 13.8 Å². The van der Waals surface area contributed by atoms with Crippen LogP contribution in [0.4, 0.5) is 5.69 Å². The van der Waals surface area contributed by atoms with Gasteiger partial charge >= 0.3 is 0 Å². The van der Waals surface area contributed by atoms with E-state index in [0.29, 0.717) is 19.7 Å². The van der Waals surface area contributed by atoms with E-state index in [0.717, 1.165) is 26.6 Å². The topological polar surface area (TPSA) is 63.1 Å². The van der Waals surface area contributed by atoms with Crippen LogP contribution in [-0.4, -0.2) is 57.1 Å². The number of carbonyl (C=O) groups excluding carboxylic acids is 2. The summed E-state index contributed by atoms with van der Waals surface area (Å²) in [5.41, 5.74) is 2.92. The Morgan fingerprint density at radius 1 is 1.14 bits per heavy atom. The highest BCUT2D eigenvalue weighted by Gasteiger charge is 2.20. The third-order valence-corrected chi connectivity index (χ3v) is 5.37. The lowest BCUT2D eigenvalue weighted by Crippen LogP contribution is -3.11. The molecule has 0 saturated carbocycles. The summed E-state index contributed by atoms with van der Waals surface area (Å²) < 4.78 is 5.14. The van der Waals surface area contributed by atoms with Crippen molar-refractivity contribution >= 4 is 28.8 Å². The normalized spacial score (nSPS) is 11.9. The van der Waals surface area contributed by atoms with E-state index in [2.05, 4.69) is 5.32 Å². The van der Waals surface area contributed by atoms with Crippen molar-refractivity contribution in [3.05, 3.63) is 51.7 Å². The summed E-state index contributed by atoms with van der Waals surface area (Å²) >= 11 is 1.63. The van der Waals surface area contributed by atoms with Crippen LogP contribution in [0.5, 0.6) is 0 Å². The number of para-hydroxylation sites is 1. The highest BCUT2D eigenvalue weighted by Crippen LogP contribution is 2.18. The van der Waals surface area contributed by atoms with Gasteiger partial charge in [-0.25, -0.2) is 0 Å². The number of nitrogens with zero attached hydrogens (tertiary/aromatic N) is 1. The van der Waals surface area contributed by atoms with Gasteiger partial charge in [0, 0.05) is 24.2 Å². The Morgan fingerprint density at radius 3 is 2.46 bits per heavy atom. The molecule has 2 aromatic rings. The maximum Gasteiger partial charge on any atom is 0.279 e. The summed E-state index contributed by atoms with van der Waals surface area (Å²) in [7, 11) is 3.49. The van der Waals surface area contributed by atoms with Crippen molar-refractivity contribution in [2.24, 2.45) is 0 Å². The fraction of sp³-hybridized carbons (Fsp3) is 0.429. The number of anilines is 1. The molecule has 2 rings (SSSR count). The molecule has 1 atom stereocenters. The predicted octanol–water partition coefficient (Wildman–Crippen LogP) is 1.49. The van der Waals surface area contributed by atoms with Gasteiger partial charge in [-0.15, -0.1) is 11.3 Å². The van der Waals surface area contributed by atoms with Crippen molar-refractivity contribution in [3.8, 4) is 0 Å². The molecule has 1 aromatic carbocycles. The maximum atomic E-state index is 12.8. The van der Waals surface area contributed by atoms with Gasteiger partial charge in [0.05, 0.1) is 20.2 Å². The molecule has 0 saturated heterocycles. The molecule has 28 heavy (non-hydrogen) atoms. The minimum atomic E-state index is -0.0931. The van der Waals surface area contributed by atoms with E-state index >= 15 is 0 Å². The van der Waals surface area contributed by atoms with E-state index in [-0.39, 0.29) is 24.9 Å². The molecule has 0 aliphatic rings. The number of methoxy groups -OCH3 is 1. The zero-order valence-electron chi connectivity index (χ0n) is 17.1. The molecule has 2 amide bonds. The smallest absolute Gasteiger partial charge is 0.279 e. The Hall–Kier alpha value is -2.22. The Labute approximate surface area is 171 Å². The van der Waals surface area contributed by atoms with E-state index in [9.17, 15) is 9.59 Å². The minimum Gasteiger partial charge on any atom is -0.383 e. The number of likely N-dealkylation sites (N-methyl/N-ethyl adjacent to an activating group) is 1. The van der Waals surface area contributed by atoms with Crippen LogP contribution < -0.4 is 10.2 Å². The van der Waals surface area contributed by atoms with Crippen molar-refractivity contribution < 1.29 is 19.2 Å². The summed E-state index contributed by atoms with van der Waals surface area (Å²) in [6.07, 6.45) is 0. The number of hydrogen-bond acceptors (Lipinski definition) is 4. The summed E-state index contributed by atoms with van der Waals surface area (Å²) in [4.78, 5) is 29.0. The first kappa shape index (κ1) is 22.1. The zero-order valence-corrected chi connectivity index (χ0v) is 17.9. The lowest BCUT2D eigenvalue weighted by atomic mass is 10.1. The van der Waals surface area contributed by atoms with Crippen LogP contribution in [0.1, 0.15) is 16.0 Å². The quantitative estimate of drug-likeness (QED) is 0.631. The van der Waals surface area contributed by atoms with Crippen LogP contribution in [0.15, 0.2) is 35.7 Å². The molecule has 0 spiro atoms. The van der Waals surface area contributed by atoms with Gasteiger partial charge < -0.3 is 19.9 Å². The number of thiophene rings is 1. The van der Waals surface area contributed by atoms with E-state index in [4.69, 9.17) is 4.74 Å². The summed E-state index contributed by atoms with van der Waals surface area (Å²) in [6, 6.07) is 9.92. The molecule has 1 heterocycles. The average Bonchev–Trinajstić information content (AvgIpc) is 3.14. The van der Waals surface area contributed by atoms with Gasteiger partial charge in [-0.3, -0.25) is 9.59 Å². The van der Waals surface area contributed by atoms with Gasteiger partial charge in [0.25, 0.3) is 11.8 Å². The first-order valence-corrected chi connectivity index (χ1v) is 10.2. The van der Waals surface area contributed by atoms with Crippen molar-refractivity contribution in [2.45, 2.75) is 20.4 Å². The number of quaternary nitrogens is 1. The summed E-state index contributed by atoms with van der Waals surface area (Å²) in [5.74, 6) is -0.0766. The maximum absolute atomic E-state index is 12.8. The number of hydrogen-bond donors (Lipinski definition) is 2. The van der Waals surface area contributed by atoms with Crippen LogP contribution in [0.25, 0.3) is 0 Å². The first-order valence-electron chi connectivity index (χ1n) is 9.37. The molecule has 0 aliphatic heterocycles. The number of amides is 2. The van der Waals surface area contributed by atoms with Crippen molar-refractivity contribution in [2.75, 3.05) is 45.7 Å². The van der Waals surface area contributed by atoms with Crippen LogP contribution in [0.2, 0.25) is 0 Å². The third-order valence-electron chi connectivity index (χ3n) is 4.51. The fourth-order valence-electron chi connectivity index (χ4n) is 2.99. The number of benzene rings is 1. The molecule has 152 valence electrons. The van der Waals surface area contributed by atoms with Crippen LogP contribution in [-0.2, 0) is 20.9 Å². The number of ether oxygens (including phenoxy) is 1. The second kappa shape index (κ2) is 10.9. The molecular weight excluding hydrogens is 374 g/mol. The molecule has 1 aromatic heterocycles.